The second-order valence-corrected chi connectivity index (χ2v) is 6.54. The van der Waals surface area contributed by atoms with Gasteiger partial charge in [0.15, 0.2) is 13.2 Å². The van der Waals surface area contributed by atoms with Crippen molar-refractivity contribution in [2.24, 2.45) is 0 Å². The van der Waals surface area contributed by atoms with Crippen LogP contribution in [-0.2, 0) is 20.9 Å². The first-order valence-electron chi connectivity index (χ1n) is 8.78. The molecular formula is C20H21N5O3. The number of aryl methyl sites for hydroxylation is 3. The van der Waals surface area contributed by atoms with Gasteiger partial charge in [0.2, 0.25) is 5.82 Å². The van der Waals surface area contributed by atoms with Gasteiger partial charge in [-0.05, 0) is 37.6 Å². The largest absolute Gasteiger partial charge is 0.454 e. The van der Waals surface area contributed by atoms with Crippen LogP contribution in [0, 0.1) is 20.8 Å². The molecular weight excluding hydrogens is 358 g/mol. The summed E-state index contributed by atoms with van der Waals surface area (Å²) in [6.45, 7) is 5.25. The molecule has 0 spiro atoms. The number of hydrogen-bond donors (Lipinski definition) is 1. The number of nitrogens with zero attached hydrogens (tertiary/aromatic N) is 4. The van der Waals surface area contributed by atoms with E-state index in [1.807, 2.05) is 63.2 Å². The first-order chi connectivity index (χ1) is 13.4. The minimum atomic E-state index is -0.622. The lowest BCUT2D eigenvalue weighted by atomic mass is 10.1. The van der Waals surface area contributed by atoms with Crippen LogP contribution in [0.2, 0.25) is 0 Å². The second-order valence-electron chi connectivity index (χ2n) is 6.54. The van der Waals surface area contributed by atoms with E-state index in [1.54, 1.807) is 0 Å². The molecule has 0 aliphatic rings. The van der Waals surface area contributed by atoms with Crippen molar-refractivity contribution < 1.29 is 14.3 Å². The average Bonchev–Trinajstić information content (AvgIpc) is 3.11. The highest BCUT2D eigenvalue weighted by Gasteiger charge is 2.12. The smallest absolute Gasteiger partial charge is 0.330 e. The summed E-state index contributed by atoms with van der Waals surface area (Å²) in [4.78, 5) is 25.1. The van der Waals surface area contributed by atoms with Crippen molar-refractivity contribution in [1.82, 2.24) is 20.2 Å². The number of amides is 1. The molecule has 1 amide bonds. The van der Waals surface area contributed by atoms with E-state index in [1.165, 1.54) is 0 Å². The Hall–Kier alpha value is -3.55. The van der Waals surface area contributed by atoms with Gasteiger partial charge in [-0.1, -0.05) is 47.5 Å². The predicted octanol–water partition coefficient (Wildman–Crippen LogP) is 2.45. The monoisotopic (exact) mass is 379 g/mol. The molecule has 0 fully saturated rings. The number of esters is 1. The van der Waals surface area contributed by atoms with Gasteiger partial charge in [0.05, 0.1) is 0 Å². The number of tetrazole rings is 1. The highest BCUT2D eigenvalue weighted by molar-refractivity contribution is 5.93. The van der Waals surface area contributed by atoms with E-state index in [0.29, 0.717) is 11.5 Å². The third-order valence-corrected chi connectivity index (χ3v) is 4.05. The zero-order chi connectivity index (χ0) is 20.1. The number of nitrogens with one attached hydrogen (secondary N) is 1. The number of rotatable bonds is 6. The molecule has 8 heteroatoms. The Morgan fingerprint density at radius 2 is 1.75 bits per heavy atom. The maximum Gasteiger partial charge on any atom is 0.330 e. The van der Waals surface area contributed by atoms with Crippen LogP contribution in [0.3, 0.4) is 0 Å². The zero-order valence-electron chi connectivity index (χ0n) is 16.0. The van der Waals surface area contributed by atoms with Gasteiger partial charge in [-0.3, -0.25) is 4.79 Å². The van der Waals surface area contributed by atoms with Crippen molar-refractivity contribution >= 4 is 17.6 Å². The van der Waals surface area contributed by atoms with Gasteiger partial charge in [-0.15, -0.1) is 10.2 Å². The fourth-order valence-electron chi connectivity index (χ4n) is 2.58. The SMILES string of the molecule is Cc1ccc(-c2nnn(CC(=O)OCC(=O)Nc3ccc(C)cc3C)n2)cc1. The molecule has 144 valence electrons. The standard InChI is InChI=1S/C20H21N5O3/c1-13-4-7-16(8-5-13)20-22-24-25(23-20)11-19(27)28-12-18(26)21-17-9-6-14(2)10-15(17)3/h4-10H,11-12H2,1-3H3,(H,21,26). The number of ether oxygens (including phenoxy) is 1. The molecule has 1 N–H and O–H groups in total. The molecule has 3 rings (SSSR count). The number of hydrogen-bond acceptors (Lipinski definition) is 6. The van der Waals surface area contributed by atoms with Crippen LogP contribution in [0.1, 0.15) is 16.7 Å². The topological polar surface area (TPSA) is 99.0 Å². The quantitative estimate of drug-likeness (QED) is 0.661. The lowest BCUT2D eigenvalue weighted by Crippen LogP contribution is -2.24. The van der Waals surface area contributed by atoms with Gasteiger partial charge in [-0.2, -0.15) is 4.80 Å². The Morgan fingerprint density at radius 3 is 2.46 bits per heavy atom. The van der Waals surface area contributed by atoms with Gasteiger partial charge in [0.1, 0.15) is 0 Å². The number of benzene rings is 2. The van der Waals surface area contributed by atoms with Crippen LogP contribution >= 0.6 is 0 Å². The van der Waals surface area contributed by atoms with E-state index in [0.717, 1.165) is 27.1 Å². The Morgan fingerprint density at radius 1 is 1.04 bits per heavy atom. The van der Waals surface area contributed by atoms with E-state index in [4.69, 9.17) is 4.74 Å². The van der Waals surface area contributed by atoms with Crippen LogP contribution in [0.4, 0.5) is 5.69 Å². The molecule has 1 aromatic heterocycles. The van der Waals surface area contributed by atoms with Gasteiger partial charge in [0, 0.05) is 11.3 Å². The van der Waals surface area contributed by atoms with Crippen molar-refractivity contribution in [2.45, 2.75) is 27.3 Å². The lowest BCUT2D eigenvalue weighted by Gasteiger charge is -2.09. The second kappa shape index (κ2) is 8.43. The summed E-state index contributed by atoms with van der Waals surface area (Å²) in [5, 5.41) is 14.7. The lowest BCUT2D eigenvalue weighted by molar-refractivity contribution is -0.148. The minimum absolute atomic E-state index is 0.226. The fourth-order valence-corrected chi connectivity index (χ4v) is 2.58. The Bertz CT molecular complexity index is 995. The molecule has 0 aliphatic carbocycles. The summed E-state index contributed by atoms with van der Waals surface area (Å²) in [7, 11) is 0. The Balaban J connectivity index is 1.50. The average molecular weight is 379 g/mol. The normalized spacial score (nSPS) is 10.5. The molecule has 1 heterocycles. The molecule has 0 radical (unpaired) electrons. The molecule has 0 saturated carbocycles. The maximum absolute atomic E-state index is 12.0. The zero-order valence-corrected chi connectivity index (χ0v) is 16.0. The van der Waals surface area contributed by atoms with E-state index in [9.17, 15) is 9.59 Å². The summed E-state index contributed by atoms with van der Waals surface area (Å²) < 4.78 is 4.99. The van der Waals surface area contributed by atoms with E-state index in [2.05, 4.69) is 20.7 Å². The first-order valence-corrected chi connectivity index (χ1v) is 8.78. The van der Waals surface area contributed by atoms with Crippen molar-refractivity contribution in [3.05, 3.63) is 59.2 Å². The highest BCUT2D eigenvalue weighted by Crippen LogP contribution is 2.16. The molecule has 0 atom stereocenters. The van der Waals surface area contributed by atoms with Crippen molar-refractivity contribution in [2.75, 3.05) is 11.9 Å². The van der Waals surface area contributed by atoms with E-state index >= 15 is 0 Å². The first kappa shape index (κ1) is 19.2. The summed E-state index contributed by atoms with van der Waals surface area (Å²) in [5.41, 5.74) is 4.66. The third kappa shape index (κ3) is 5.00. The molecule has 0 aliphatic heterocycles. The molecule has 3 aromatic rings. The van der Waals surface area contributed by atoms with E-state index in [-0.39, 0.29) is 13.2 Å². The number of anilines is 1. The minimum Gasteiger partial charge on any atom is -0.454 e. The molecule has 2 aromatic carbocycles. The number of aromatic nitrogens is 4. The van der Waals surface area contributed by atoms with Crippen LogP contribution in [-0.4, -0.2) is 38.7 Å². The molecule has 8 nitrogen and oxygen atoms in total. The van der Waals surface area contributed by atoms with Crippen LogP contribution in [0.15, 0.2) is 42.5 Å². The fraction of sp³-hybridized carbons (Fsp3) is 0.250. The molecule has 28 heavy (non-hydrogen) atoms. The van der Waals surface area contributed by atoms with Gasteiger partial charge in [0.25, 0.3) is 5.91 Å². The predicted molar refractivity (Wildman–Crippen MR) is 103 cm³/mol. The summed E-state index contributed by atoms with van der Waals surface area (Å²) >= 11 is 0. The van der Waals surface area contributed by atoms with Crippen molar-refractivity contribution in [3.8, 4) is 11.4 Å². The number of carbonyl (C=O) groups excluding carboxylic acids is 2. The molecule has 0 unspecified atom stereocenters. The van der Waals surface area contributed by atoms with Crippen molar-refractivity contribution in [3.63, 3.8) is 0 Å². The molecule has 0 bridgehead atoms. The van der Waals surface area contributed by atoms with Crippen LogP contribution < -0.4 is 5.32 Å². The Kier molecular flexibility index (Phi) is 5.78. The van der Waals surface area contributed by atoms with Crippen LogP contribution in [0.5, 0.6) is 0 Å². The third-order valence-electron chi connectivity index (χ3n) is 4.05. The summed E-state index contributed by atoms with van der Waals surface area (Å²) in [6.07, 6.45) is 0. The van der Waals surface area contributed by atoms with Gasteiger partial charge < -0.3 is 10.1 Å². The Labute approximate surface area is 162 Å². The van der Waals surface area contributed by atoms with Gasteiger partial charge in [-0.25, -0.2) is 4.79 Å². The molecule has 0 saturated heterocycles. The highest BCUT2D eigenvalue weighted by atomic mass is 16.5. The van der Waals surface area contributed by atoms with E-state index < -0.39 is 11.9 Å². The van der Waals surface area contributed by atoms with Crippen LogP contribution in [0.25, 0.3) is 11.4 Å². The maximum atomic E-state index is 12.0. The summed E-state index contributed by atoms with van der Waals surface area (Å²) in [6, 6.07) is 13.3. The van der Waals surface area contributed by atoms with Gasteiger partial charge >= 0.3 is 5.97 Å². The number of carbonyl (C=O) groups is 2. The van der Waals surface area contributed by atoms with Crippen molar-refractivity contribution in [1.29, 1.82) is 0 Å². The summed E-state index contributed by atoms with van der Waals surface area (Å²) in [5.74, 6) is -0.615.